The lowest BCUT2D eigenvalue weighted by Gasteiger charge is -2.16. The summed E-state index contributed by atoms with van der Waals surface area (Å²) in [7, 11) is 0. The van der Waals surface area contributed by atoms with Gasteiger partial charge in [-0.3, -0.25) is 0 Å². The first-order valence-electron chi connectivity index (χ1n) is 6.47. The van der Waals surface area contributed by atoms with Crippen LogP contribution in [0.1, 0.15) is 39.3 Å². The summed E-state index contributed by atoms with van der Waals surface area (Å²) in [6.45, 7) is 8.03. The molecular formula is C13H23N3O. The molecule has 1 heterocycles. The van der Waals surface area contributed by atoms with E-state index in [0.29, 0.717) is 18.5 Å². The molecule has 0 radical (unpaired) electrons. The molecule has 0 spiro atoms. The van der Waals surface area contributed by atoms with Crippen molar-refractivity contribution in [1.82, 2.24) is 15.3 Å². The highest BCUT2D eigenvalue weighted by atomic mass is 16.5. The first-order chi connectivity index (χ1) is 8.30. The molecule has 17 heavy (non-hydrogen) atoms. The Balaban J connectivity index is 2.55. The predicted octanol–water partition coefficient (Wildman–Crippen LogP) is 2.20. The molecule has 4 nitrogen and oxygen atoms in total. The third kappa shape index (κ3) is 5.13. The highest BCUT2D eigenvalue weighted by Crippen LogP contribution is 2.09. The minimum Gasteiger partial charge on any atom is -0.478 e. The molecule has 0 fully saturated rings. The van der Waals surface area contributed by atoms with Crippen molar-refractivity contribution in [2.24, 2.45) is 0 Å². The predicted molar refractivity (Wildman–Crippen MR) is 69.3 cm³/mol. The normalized spacial score (nSPS) is 12.4. The van der Waals surface area contributed by atoms with Gasteiger partial charge in [0.1, 0.15) is 6.33 Å². The lowest BCUT2D eigenvalue weighted by Crippen LogP contribution is -2.31. The van der Waals surface area contributed by atoms with E-state index < -0.39 is 0 Å². The highest BCUT2D eigenvalue weighted by molar-refractivity contribution is 5.14. The smallest absolute Gasteiger partial charge is 0.216 e. The Morgan fingerprint density at radius 2 is 2.12 bits per heavy atom. The van der Waals surface area contributed by atoms with Gasteiger partial charge < -0.3 is 10.1 Å². The molecule has 0 saturated carbocycles. The molecule has 96 valence electrons. The zero-order valence-corrected chi connectivity index (χ0v) is 11.1. The van der Waals surface area contributed by atoms with Crippen LogP contribution in [0.25, 0.3) is 0 Å². The number of hydrogen-bond donors (Lipinski definition) is 1. The largest absolute Gasteiger partial charge is 0.478 e. The minimum absolute atomic E-state index is 0.485. The second-order valence-electron chi connectivity index (χ2n) is 4.04. The van der Waals surface area contributed by atoms with Gasteiger partial charge in [-0.05, 0) is 26.3 Å². The molecule has 1 aromatic heterocycles. The van der Waals surface area contributed by atoms with E-state index in [-0.39, 0.29) is 0 Å². The number of aromatic nitrogens is 2. The fourth-order valence-electron chi connectivity index (χ4n) is 1.68. The monoisotopic (exact) mass is 237 g/mol. The molecule has 0 saturated heterocycles. The average Bonchev–Trinajstić information content (AvgIpc) is 2.35. The van der Waals surface area contributed by atoms with Gasteiger partial charge in [0, 0.05) is 24.2 Å². The van der Waals surface area contributed by atoms with Crippen molar-refractivity contribution in [2.45, 2.75) is 46.1 Å². The first kappa shape index (κ1) is 13.9. The van der Waals surface area contributed by atoms with Crippen molar-refractivity contribution in [3.63, 3.8) is 0 Å². The van der Waals surface area contributed by atoms with Crippen molar-refractivity contribution in [3.05, 3.63) is 18.1 Å². The number of nitrogens with one attached hydrogen (secondary N) is 1. The highest BCUT2D eigenvalue weighted by Gasteiger charge is 2.08. The number of rotatable bonds is 8. The van der Waals surface area contributed by atoms with E-state index in [1.54, 1.807) is 6.33 Å². The number of ether oxygens (including phenoxy) is 1. The Labute approximate surface area is 104 Å². The molecule has 1 atom stereocenters. The molecule has 0 bridgehead atoms. The van der Waals surface area contributed by atoms with E-state index in [1.807, 2.05) is 13.0 Å². The summed E-state index contributed by atoms with van der Waals surface area (Å²) in [4.78, 5) is 8.36. The average molecular weight is 237 g/mol. The van der Waals surface area contributed by atoms with Crippen LogP contribution in [0.2, 0.25) is 0 Å². The van der Waals surface area contributed by atoms with Crippen molar-refractivity contribution >= 4 is 0 Å². The van der Waals surface area contributed by atoms with Crippen LogP contribution in [-0.4, -0.2) is 29.2 Å². The fourth-order valence-corrected chi connectivity index (χ4v) is 1.68. The van der Waals surface area contributed by atoms with Crippen LogP contribution in [0.5, 0.6) is 5.88 Å². The van der Waals surface area contributed by atoms with Crippen molar-refractivity contribution in [2.75, 3.05) is 13.2 Å². The molecule has 1 unspecified atom stereocenters. The van der Waals surface area contributed by atoms with Gasteiger partial charge in [0.15, 0.2) is 0 Å². The Bertz CT molecular complexity index is 317. The van der Waals surface area contributed by atoms with Gasteiger partial charge in [-0.15, -0.1) is 0 Å². The maximum Gasteiger partial charge on any atom is 0.216 e. The zero-order valence-electron chi connectivity index (χ0n) is 11.1. The van der Waals surface area contributed by atoms with Crippen LogP contribution in [0.4, 0.5) is 0 Å². The summed E-state index contributed by atoms with van der Waals surface area (Å²) < 4.78 is 5.37. The Hall–Kier alpha value is -1.16. The fraction of sp³-hybridized carbons (Fsp3) is 0.692. The molecule has 4 heteroatoms. The van der Waals surface area contributed by atoms with E-state index >= 15 is 0 Å². The SMILES string of the molecule is CCCNC(CC)Cc1cc(OCC)ncn1. The number of nitrogens with zero attached hydrogens (tertiary/aromatic N) is 2. The molecule has 0 aliphatic heterocycles. The lowest BCUT2D eigenvalue weighted by atomic mass is 10.1. The maximum atomic E-state index is 5.37. The summed E-state index contributed by atoms with van der Waals surface area (Å²) in [6.07, 6.45) is 4.77. The molecule has 0 aliphatic rings. The minimum atomic E-state index is 0.485. The van der Waals surface area contributed by atoms with Crippen LogP contribution in [0.15, 0.2) is 12.4 Å². The van der Waals surface area contributed by atoms with Crippen molar-refractivity contribution in [1.29, 1.82) is 0 Å². The Morgan fingerprint density at radius 1 is 1.29 bits per heavy atom. The molecule has 0 amide bonds. The van der Waals surface area contributed by atoms with E-state index in [9.17, 15) is 0 Å². The molecule has 0 aromatic carbocycles. The molecule has 0 aliphatic carbocycles. The van der Waals surface area contributed by atoms with Gasteiger partial charge in [0.05, 0.1) is 6.61 Å². The molecule has 1 aromatic rings. The standard InChI is InChI=1S/C13H23N3O/c1-4-7-14-11(5-2)8-12-9-13(17-6-3)16-10-15-12/h9-11,14H,4-8H2,1-3H3. The van der Waals surface area contributed by atoms with Crippen molar-refractivity contribution < 1.29 is 4.74 Å². The van der Waals surface area contributed by atoms with Crippen LogP contribution < -0.4 is 10.1 Å². The van der Waals surface area contributed by atoms with Crippen LogP contribution in [0, 0.1) is 0 Å². The van der Waals surface area contributed by atoms with Gasteiger partial charge in [-0.1, -0.05) is 13.8 Å². The van der Waals surface area contributed by atoms with Crippen molar-refractivity contribution in [3.8, 4) is 5.88 Å². The van der Waals surface area contributed by atoms with Gasteiger partial charge in [-0.25, -0.2) is 9.97 Å². The van der Waals surface area contributed by atoms with Crippen LogP contribution in [-0.2, 0) is 6.42 Å². The van der Waals surface area contributed by atoms with Crippen LogP contribution >= 0.6 is 0 Å². The van der Waals surface area contributed by atoms with Gasteiger partial charge in [-0.2, -0.15) is 0 Å². The number of hydrogen-bond acceptors (Lipinski definition) is 4. The second-order valence-corrected chi connectivity index (χ2v) is 4.04. The van der Waals surface area contributed by atoms with Gasteiger partial charge in [0.2, 0.25) is 5.88 Å². The topological polar surface area (TPSA) is 47.0 Å². The Kier molecular flexibility index (Phi) is 6.55. The summed E-state index contributed by atoms with van der Waals surface area (Å²) in [5.41, 5.74) is 1.04. The lowest BCUT2D eigenvalue weighted by molar-refractivity contribution is 0.325. The van der Waals surface area contributed by atoms with Gasteiger partial charge >= 0.3 is 0 Å². The summed E-state index contributed by atoms with van der Waals surface area (Å²) in [5.74, 6) is 0.669. The maximum absolute atomic E-state index is 5.37. The van der Waals surface area contributed by atoms with E-state index in [4.69, 9.17) is 4.74 Å². The van der Waals surface area contributed by atoms with E-state index in [1.165, 1.54) is 0 Å². The molecular weight excluding hydrogens is 214 g/mol. The third-order valence-corrected chi connectivity index (χ3v) is 2.62. The van der Waals surface area contributed by atoms with Gasteiger partial charge in [0.25, 0.3) is 0 Å². The summed E-state index contributed by atoms with van der Waals surface area (Å²) in [6, 6.07) is 2.42. The third-order valence-electron chi connectivity index (χ3n) is 2.62. The van der Waals surface area contributed by atoms with E-state index in [0.717, 1.165) is 31.5 Å². The van der Waals surface area contributed by atoms with E-state index in [2.05, 4.69) is 29.1 Å². The zero-order chi connectivity index (χ0) is 12.5. The molecule has 1 rings (SSSR count). The summed E-state index contributed by atoms with van der Waals surface area (Å²) >= 11 is 0. The van der Waals surface area contributed by atoms with Crippen LogP contribution in [0.3, 0.4) is 0 Å². The summed E-state index contributed by atoms with van der Waals surface area (Å²) in [5, 5.41) is 3.52. The molecule has 1 N–H and O–H groups in total. The first-order valence-corrected chi connectivity index (χ1v) is 6.47. The Morgan fingerprint density at radius 3 is 2.76 bits per heavy atom. The quantitative estimate of drug-likeness (QED) is 0.753. The second kappa shape index (κ2) is 8.01.